The Morgan fingerprint density at radius 2 is 1.60 bits per heavy atom. The number of halogens is 2. The van der Waals surface area contributed by atoms with Gasteiger partial charge in [0.05, 0.1) is 18.6 Å². The van der Waals surface area contributed by atoms with Crippen molar-refractivity contribution in [1.29, 1.82) is 0 Å². The molecule has 0 aliphatic heterocycles. The number of aliphatic hydroxyl groups excluding tert-OH is 1. The van der Waals surface area contributed by atoms with E-state index in [0.29, 0.717) is 12.8 Å². The Kier molecular flexibility index (Phi) is 12.4. The van der Waals surface area contributed by atoms with E-state index in [-0.39, 0.29) is 38.9 Å². The number of carbonyl (C=O) groups is 4. The zero-order valence-corrected chi connectivity index (χ0v) is 26.4. The molecule has 0 bridgehead atoms. The van der Waals surface area contributed by atoms with E-state index >= 15 is 0 Å². The first kappa shape index (κ1) is 34.4. The Morgan fingerprint density at radius 1 is 0.977 bits per heavy atom. The largest absolute Gasteiger partial charge is 0.391 e. The molecular weight excluding hydrogens is 591 g/mol. The molecule has 1 aliphatic carbocycles. The van der Waals surface area contributed by atoms with Crippen molar-refractivity contribution in [3.63, 3.8) is 0 Å². The van der Waals surface area contributed by atoms with Crippen LogP contribution in [0, 0.1) is 11.8 Å². The summed E-state index contributed by atoms with van der Waals surface area (Å²) in [5.74, 6) is -2.48. The van der Waals surface area contributed by atoms with Crippen LogP contribution in [0.3, 0.4) is 0 Å². The zero-order chi connectivity index (χ0) is 31.7. The predicted molar refractivity (Wildman–Crippen MR) is 168 cm³/mol. The van der Waals surface area contributed by atoms with Crippen molar-refractivity contribution in [3.8, 4) is 0 Å². The van der Waals surface area contributed by atoms with E-state index in [1.807, 2.05) is 51.1 Å². The van der Waals surface area contributed by atoms with E-state index in [9.17, 15) is 24.3 Å². The predicted octanol–water partition coefficient (Wildman–Crippen LogP) is 4.17. The topological polar surface area (TPSA) is 151 Å². The third-order valence-corrected chi connectivity index (χ3v) is 7.97. The number of nitrogens with one attached hydrogen (secondary N) is 3. The minimum Gasteiger partial charge on any atom is -0.391 e. The molecule has 0 aromatic heterocycles. The lowest BCUT2D eigenvalue weighted by Gasteiger charge is -2.36. The third-order valence-electron chi connectivity index (χ3n) is 7.53. The van der Waals surface area contributed by atoms with Crippen molar-refractivity contribution < 1.29 is 24.3 Å². The van der Waals surface area contributed by atoms with Gasteiger partial charge in [-0.2, -0.15) is 0 Å². The molecule has 0 unspecified atom stereocenters. The summed E-state index contributed by atoms with van der Waals surface area (Å²) in [5.41, 5.74) is 6.03. The summed E-state index contributed by atoms with van der Waals surface area (Å²) >= 11 is 12.1. The number of nitrogens with two attached hydrogens (primary N) is 1. The van der Waals surface area contributed by atoms with E-state index in [2.05, 4.69) is 16.0 Å². The summed E-state index contributed by atoms with van der Waals surface area (Å²) in [6, 6.07) is 11.5. The van der Waals surface area contributed by atoms with Crippen LogP contribution >= 0.6 is 23.2 Å². The first-order valence-corrected chi connectivity index (χ1v) is 15.4. The fraction of sp³-hybridized carbons (Fsp3) is 0.500. The van der Waals surface area contributed by atoms with Gasteiger partial charge in [-0.3, -0.25) is 19.2 Å². The van der Waals surface area contributed by atoms with Crippen molar-refractivity contribution in [2.75, 3.05) is 0 Å². The van der Waals surface area contributed by atoms with Crippen LogP contribution in [0.15, 0.2) is 48.5 Å². The number of hydrogen-bond donors (Lipinski definition) is 5. The zero-order valence-electron chi connectivity index (χ0n) is 24.9. The number of hydrogen-bond acceptors (Lipinski definition) is 5. The SMILES string of the molecule is CC(C)(C)NC(=O)[C@@H]1CCCC[C@H]1C[C@@H](O)[C@H](Cc1ccccc1)NC(=O)[C@H](CC(N)=O)NC(=O)c1cc(Cl)cc(Cl)c1. The highest BCUT2D eigenvalue weighted by molar-refractivity contribution is 6.35. The second-order valence-corrected chi connectivity index (χ2v) is 13.2. The molecule has 0 heterocycles. The molecule has 3 rings (SSSR count). The van der Waals surface area contributed by atoms with Gasteiger partial charge in [-0.05, 0) is 76.1 Å². The molecule has 1 aliphatic rings. The third kappa shape index (κ3) is 11.1. The maximum absolute atomic E-state index is 13.5. The molecule has 2 aromatic carbocycles. The molecule has 4 amide bonds. The summed E-state index contributed by atoms with van der Waals surface area (Å²) in [6.07, 6.45) is 2.53. The first-order chi connectivity index (χ1) is 20.2. The van der Waals surface area contributed by atoms with Gasteiger partial charge in [0.2, 0.25) is 17.7 Å². The highest BCUT2D eigenvalue weighted by atomic mass is 35.5. The number of carbonyl (C=O) groups excluding carboxylic acids is 4. The first-order valence-electron chi connectivity index (χ1n) is 14.6. The van der Waals surface area contributed by atoms with Gasteiger partial charge in [0, 0.05) is 27.1 Å². The van der Waals surface area contributed by atoms with Crippen molar-refractivity contribution in [3.05, 3.63) is 69.7 Å². The smallest absolute Gasteiger partial charge is 0.252 e. The molecule has 0 radical (unpaired) electrons. The van der Waals surface area contributed by atoms with Gasteiger partial charge in [0.25, 0.3) is 5.91 Å². The standard InChI is InChI=1S/C32H42Cl2N4O5/c1-32(2,3)38-30(42)24-12-8-7-11-20(24)16-27(39)25(13-19-9-5-4-6-10-19)36-31(43)26(18-28(35)40)37-29(41)21-14-22(33)17-23(34)15-21/h4-6,9-10,14-15,17,20,24-27,39H,7-8,11-13,16,18H2,1-3H3,(H2,35,40)(H,36,43)(H,37,41)(H,38,42)/t20-,24+,25-,26-,27+/m0/s1. The normalized spacial score (nSPS) is 19.0. The number of rotatable bonds is 12. The summed E-state index contributed by atoms with van der Waals surface area (Å²) in [5, 5.41) is 20.5. The molecule has 9 nitrogen and oxygen atoms in total. The average Bonchev–Trinajstić information content (AvgIpc) is 2.91. The van der Waals surface area contributed by atoms with Crippen LogP contribution in [0.2, 0.25) is 10.0 Å². The summed E-state index contributed by atoms with van der Waals surface area (Å²) in [6.45, 7) is 5.81. The number of aliphatic hydroxyl groups is 1. The second-order valence-electron chi connectivity index (χ2n) is 12.4. The van der Waals surface area contributed by atoms with Gasteiger partial charge in [-0.25, -0.2) is 0 Å². The van der Waals surface area contributed by atoms with Gasteiger partial charge in [-0.15, -0.1) is 0 Å². The molecule has 6 N–H and O–H groups in total. The summed E-state index contributed by atoms with van der Waals surface area (Å²) < 4.78 is 0. The van der Waals surface area contributed by atoms with Gasteiger partial charge >= 0.3 is 0 Å². The molecule has 0 saturated heterocycles. The Bertz CT molecular complexity index is 1260. The van der Waals surface area contributed by atoms with Crippen LogP contribution in [-0.2, 0) is 20.8 Å². The maximum Gasteiger partial charge on any atom is 0.252 e. The van der Waals surface area contributed by atoms with Gasteiger partial charge in [0.1, 0.15) is 6.04 Å². The lowest BCUT2D eigenvalue weighted by atomic mass is 9.74. The summed E-state index contributed by atoms with van der Waals surface area (Å²) in [7, 11) is 0. The van der Waals surface area contributed by atoms with Crippen LogP contribution in [-0.4, -0.2) is 52.5 Å². The number of primary amides is 1. The maximum atomic E-state index is 13.5. The van der Waals surface area contributed by atoms with E-state index in [0.717, 1.165) is 31.2 Å². The van der Waals surface area contributed by atoms with Crippen LogP contribution in [0.5, 0.6) is 0 Å². The molecule has 234 valence electrons. The van der Waals surface area contributed by atoms with Crippen molar-refractivity contribution in [2.24, 2.45) is 17.6 Å². The van der Waals surface area contributed by atoms with Crippen molar-refractivity contribution >= 4 is 46.8 Å². The lowest BCUT2D eigenvalue weighted by molar-refractivity contribution is -0.130. The van der Waals surface area contributed by atoms with Crippen LogP contribution < -0.4 is 21.7 Å². The van der Waals surface area contributed by atoms with E-state index in [1.165, 1.54) is 18.2 Å². The van der Waals surface area contributed by atoms with Gasteiger partial charge in [0.15, 0.2) is 0 Å². The number of amides is 4. The monoisotopic (exact) mass is 632 g/mol. The Hall–Kier alpha value is -3.14. The fourth-order valence-corrected chi connectivity index (χ4v) is 6.07. The number of benzene rings is 2. The Balaban J connectivity index is 1.81. The van der Waals surface area contributed by atoms with Crippen LogP contribution in [0.25, 0.3) is 0 Å². The van der Waals surface area contributed by atoms with Crippen molar-refractivity contribution in [1.82, 2.24) is 16.0 Å². The summed E-state index contributed by atoms with van der Waals surface area (Å²) in [4.78, 5) is 51.5. The molecule has 5 atom stereocenters. The van der Waals surface area contributed by atoms with Gasteiger partial charge < -0.3 is 26.8 Å². The molecule has 11 heteroatoms. The minimum atomic E-state index is -1.31. The molecule has 43 heavy (non-hydrogen) atoms. The Labute approximate surface area is 263 Å². The molecule has 1 saturated carbocycles. The molecular formula is C32H42Cl2N4O5. The quantitative estimate of drug-likeness (QED) is 0.238. The van der Waals surface area contributed by atoms with E-state index in [1.54, 1.807) is 0 Å². The van der Waals surface area contributed by atoms with E-state index in [4.69, 9.17) is 28.9 Å². The van der Waals surface area contributed by atoms with Crippen LogP contribution in [0.1, 0.15) is 75.2 Å². The lowest BCUT2D eigenvalue weighted by Crippen LogP contribution is -2.54. The Morgan fingerprint density at radius 3 is 2.21 bits per heavy atom. The molecule has 2 aromatic rings. The molecule has 1 fully saturated rings. The highest BCUT2D eigenvalue weighted by Crippen LogP contribution is 2.34. The van der Waals surface area contributed by atoms with Crippen LogP contribution in [0.4, 0.5) is 0 Å². The fourth-order valence-electron chi connectivity index (χ4n) is 5.54. The van der Waals surface area contributed by atoms with Gasteiger partial charge in [-0.1, -0.05) is 66.4 Å². The second kappa shape index (κ2) is 15.5. The molecule has 0 spiro atoms. The average molecular weight is 634 g/mol. The minimum absolute atomic E-state index is 0.0293. The highest BCUT2D eigenvalue weighted by Gasteiger charge is 2.36. The van der Waals surface area contributed by atoms with Crippen molar-refractivity contribution in [2.45, 2.75) is 89.4 Å². The van der Waals surface area contributed by atoms with E-state index < -0.39 is 42.3 Å².